The Bertz CT molecular complexity index is 1160. The summed E-state index contributed by atoms with van der Waals surface area (Å²) in [7, 11) is 3.41. The molecule has 0 atom stereocenters. The highest BCUT2D eigenvalue weighted by molar-refractivity contribution is 6.04. The molecule has 37 heavy (non-hydrogen) atoms. The van der Waals surface area contributed by atoms with Crippen molar-refractivity contribution in [3.63, 3.8) is 0 Å². The van der Waals surface area contributed by atoms with Gasteiger partial charge in [0.1, 0.15) is 23.2 Å². The predicted molar refractivity (Wildman–Crippen MR) is 144 cm³/mol. The molecule has 198 valence electrons. The molecule has 1 amide bonds. The SMILES string of the molecule is CNC1=C(C(N)=Nc2ccc(Oc3ccc(C)nc3)c(C)c2)C=C(C(=O)NCCOCCOC)CCN1. The minimum Gasteiger partial charge on any atom is -0.455 e. The third kappa shape index (κ3) is 8.33. The first-order chi connectivity index (χ1) is 17.9. The molecule has 1 aromatic carbocycles. The van der Waals surface area contributed by atoms with Crippen molar-refractivity contribution in [3.05, 3.63) is 70.8 Å². The van der Waals surface area contributed by atoms with Crippen LogP contribution in [0, 0.1) is 13.8 Å². The first kappa shape index (κ1) is 27.7. The Labute approximate surface area is 218 Å². The molecule has 10 heteroatoms. The Hall–Kier alpha value is -3.89. The van der Waals surface area contributed by atoms with Gasteiger partial charge in [-0.3, -0.25) is 9.78 Å². The highest BCUT2D eigenvalue weighted by atomic mass is 16.5. The normalized spacial score (nSPS) is 13.9. The number of hydrogen-bond donors (Lipinski definition) is 4. The number of amides is 1. The summed E-state index contributed by atoms with van der Waals surface area (Å²) in [6.07, 6.45) is 4.01. The Balaban J connectivity index is 1.74. The quantitative estimate of drug-likeness (QED) is 0.195. The van der Waals surface area contributed by atoms with E-state index in [4.69, 9.17) is 19.9 Å². The van der Waals surface area contributed by atoms with Crippen molar-refractivity contribution in [3.8, 4) is 11.5 Å². The molecule has 0 fully saturated rings. The van der Waals surface area contributed by atoms with Gasteiger partial charge in [-0.25, -0.2) is 4.99 Å². The van der Waals surface area contributed by atoms with Gasteiger partial charge >= 0.3 is 0 Å². The Kier molecular flexibility index (Phi) is 10.5. The molecule has 1 aromatic heterocycles. The molecule has 0 saturated carbocycles. The Morgan fingerprint density at radius 3 is 2.73 bits per heavy atom. The molecule has 0 bridgehead atoms. The summed E-state index contributed by atoms with van der Waals surface area (Å²) in [5.74, 6) is 2.19. The zero-order valence-corrected chi connectivity index (χ0v) is 21.9. The van der Waals surface area contributed by atoms with E-state index in [0.717, 1.165) is 11.3 Å². The van der Waals surface area contributed by atoms with Gasteiger partial charge in [-0.05, 0) is 62.2 Å². The number of carbonyl (C=O) groups excluding carboxylic acids is 1. The second kappa shape index (κ2) is 14.0. The predicted octanol–water partition coefficient (Wildman–Crippen LogP) is 2.61. The summed E-state index contributed by atoms with van der Waals surface area (Å²) < 4.78 is 16.3. The van der Waals surface area contributed by atoms with Gasteiger partial charge in [0.25, 0.3) is 0 Å². The average Bonchev–Trinajstić information content (AvgIpc) is 3.12. The van der Waals surface area contributed by atoms with E-state index in [9.17, 15) is 4.79 Å². The van der Waals surface area contributed by atoms with E-state index in [0.29, 0.717) is 73.5 Å². The lowest BCUT2D eigenvalue weighted by atomic mass is 10.1. The lowest BCUT2D eigenvalue weighted by Gasteiger charge is -2.12. The van der Waals surface area contributed by atoms with Gasteiger partial charge in [0, 0.05) is 38.5 Å². The van der Waals surface area contributed by atoms with Crippen LogP contribution in [0.25, 0.3) is 0 Å². The topological polar surface area (TPSA) is 132 Å². The summed E-state index contributed by atoms with van der Waals surface area (Å²) in [5, 5.41) is 9.30. The summed E-state index contributed by atoms with van der Waals surface area (Å²) in [6, 6.07) is 9.36. The minimum absolute atomic E-state index is 0.164. The van der Waals surface area contributed by atoms with E-state index in [1.165, 1.54) is 0 Å². The van der Waals surface area contributed by atoms with Gasteiger partial charge in [-0.2, -0.15) is 0 Å². The first-order valence-electron chi connectivity index (χ1n) is 12.2. The smallest absolute Gasteiger partial charge is 0.247 e. The Morgan fingerprint density at radius 2 is 2.03 bits per heavy atom. The number of carbonyl (C=O) groups is 1. The summed E-state index contributed by atoms with van der Waals surface area (Å²) in [5.41, 5.74) is 10.2. The molecule has 0 spiro atoms. The molecular formula is C27H36N6O4. The van der Waals surface area contributed by atoms with Crippen LogP contribution in [-0.4, -0.2) is 63.8 Å². The molecule has 0 saturated heterocycles. The number of aromatic nitrogens is 1. The van der Waals surface area contributed by atoms with E-state index in [1.54, 1.807) is 26.4 Å². The van der Waals surface area contributed by atoms with E-state index in [-0.39, 0.29) is 11.7 Å². The highest BCUT2D eigenvalue weighted by Crippen LogP contribution is 2.28. The lowest BCUT2D eigenvalue weighted by molar-refractivity contribution is -0.117. The molecule has 0 aliphatic carbocycles. The van der Waals surface area contributed by atoms with Gasteiger partial charge in [-0.1, -0.05) is 0 Å². The van der Waals surface area contributed by atoms with Crippen molar-refractivity contribution >= 4 is 17.4 Å². The second-order valence-corrected chi connectivity index (χ2v) is 8.43. The number of hydrogen-bond acceptors (Lipinski definition) is 8. The molecule has 10 nitrogen and oxygen atoms in total. The summed E-state index contributed by atoms with van der Waals surface area (Å²) in [4.78, 5) is 21.7. The number of aryl methyl sites for hydroxylation is 2. The number of nitrogens with zero attached hydrogens (tertiary/aromatic N) is 2. The van der Waals surface area contributed by atoms with Crippen LogP contribution in [0.4, 0.5) is 5.69 Å². The van der Waals surface area contributed by atoms with Crippen LogP contribution < -0.4 is 26.4 Å². The average molecular weight is 509 g/mol. The van der Waals surface area contributed by atoms with E-state index < -0.39 is 0 Å². The van der Waals surface area contributed by atoms with Crippen molar-refractivity contribution in [1.29, 1.82) is 0 Å². The van der Waals surface area contributed by atoms with Crippen molar-refractivity contribution in [2.24, 2.45) is 10.7 Å². The highest BCUT2D eigenvalue weighted by Gasteiger charge is 2.18. The van der Waals surface area contributed by atoms with E-state index in [1.807, 2.05) is 44.2 Å². The van der Waals surface area contributed by atoms with E-state index >= 15 is 0 Å². The van der Waals surface area contributed by atoms with Crippen LogP contribution in [0.5, 0.6) is 11.5 Å². The molecule has 5 N–H and O–H groups in total. The number of methoxy groups -OCH3 is 1. The molecule has 2 heterocycles. The zero-order chi connectivity index (χ0) is 26.6. The van der Waals surface area contributed by atoms with Crippen LogP contribution in [0.2, 0.25) is 0 Å². The van der Waals surface area contributed by atoms with Gasteiger partial charge < -0.3 is 35.9 Å². The number of nitrogens with two attached hydrogens (primary N) is 1. The van der Waals surface area contributed by atoms with Crippen LogP contribution in [-0.2, 0) is 14.3 Å². The fraction of sp³-hybridized carbons (Fsp3) is 0.370. The molecule has 2 aromatic rings. The molecular weight excluding hydrogens is 472 g/mol. The van der Waals surface area contributed by atoms with Crippen LogP contribution in [0.1, 0.15) is 17.7 Å². The summed E-state index contributed by atoms with van der Waals surface area (Å²) >= 11 is 0. The van der Waals surface area contributed by atoms with Crippen molar-refractivity contribution in [1.82, 2.24) is 20.9 Å². The third-order valence-electron chi connectivity index (χ3n) is 5.59. The number of amidine groups is 1. The molecule has 0 unspecified atom stereocenters. The fourth-order valence-electron chi connectivity index (χ4n) is 3.59. The van der Waals surface area contributed by atoms with Gasteiger partial charge in [-0.15, -0.1) is 0 Å². The standard InChI is InChI=1S/C27H36N6O4/c1-18-15-21(6-8-24(18)37-22-7-5-19(2)32-17-22)33-25(28)23-16-20(9-10-30-26(23)29-3)27(34)31-11-12-36-14-13-35-4/h5-8,15-17,29-30H,9-14H2,1-4H3,(H2,28,33)(H,31,34). The van der Waals surface area contributed by atoms with Gasteiger partial charge in [0.15, 0.2) is 0 Å². The number of aliphatic imine (C=N–C) groups is 1. The maximum atomic E-state index is 12.8. The maximum absolute atomic E-state index is 12.8. The lowest BCUT2D eigenvalue weighted by Crippen LogP contribution is -2.30. The summed E-state index contributed by atoms with van der Waals surface area (Å²) in [6.45, 7) is 6.27. The molecule has 0 radical (unpaired) electrons. The van der Waals surface area contributed by atoms with Crippen molar-refractivity contribution in [2.45, 2.75) is 20.3 Å². The van der Waals surface area contributed by atoms with Gasteiger partial charge in [0.2, 0.25) is 5.91 Å². The number of ether oxygens (including phenoxy) is 3. The van der Waals surface area contributed by atoms with Crippen molar-refractivity contribution in [2.75, 3.05) is 47.1 Å². The van der Waals surface area contributed by atoms with Crippen LogP contribution in [0.15, 0.2) is 64.6 Å². The number of rotatable bonds is 12. The Morgan fingerprint density at radius 1 is 1.19 bits per heavy atom. The minimum atomic E-state index is -0.164. The number of nitrogens with one attached hydrogen (secondary N) is 3. The van der Waals surface area contributed by atoms with Crippen LogP contribution in [0.3, 0.4) is 0 Å². The maximum Gasteiger partial charge on any atom is 0.247 e. The molecule has 1 aliphatic heterocycles. The second-order valence-electron chi connectivity index (χ2n) is 8.43. The largest absolute Gasteiger partial charge is 0.455 e. The third-order valence-corrected chi connectivity index (χ3v) is 5.59. The number of benzene rings is 1. The molecule has 1 aliphatic rings. The van der Waals surface area contributed by atoms with Crippen molar-refractivity contribution < 1.29 is 19.0 Å². The van der Waals surface area contributed by atoms with Gasteiger partial charge in [0.05, 0.1) is 37.3 Å². The first-order valence-corrected chi connectivity index (χ1v) is 12.2. The molecule has 3 rings (SSSR count). The number of pyridine rings is 1. The zero-order valence-electron chi connectivity index (χ0n) is 21.9. The fourth-order valence-corrected chi connectivity index (χ4v) is 3.59. The van der Waals surface area contributed by atoms with Crippen LogP contribution >= 0.6 is 0 Å². The monoisotopic (exact) mass is 508 g/mol. The van der Waals surface area contributed by atoms with E-state index in [2.05, 4.69) is 25.9 Å².